The van der Waals surface area contributed by atoms with Gasteiger partial charge in [-0.2, -0.15) is 0 Å². The number of ether oxygens (including phenoxy) is 1. The Morgan fingerprint density at radius 1 is 1.19 bits per heavy atom. The van der Waals surface area contributed by atoms with E-state index in [0.29, 0.717) is 28.1 Å². The van der Waals surface area contributed by atoms with Gasteiger partial charge in [0.1, 0.15) is 17.1 Å². The number of rotatable bonds is 5. The Bertz CT molecular complexity index is 1280. The number of nitrogens with zero attached hydrogens (tertiary/aromatic N) is 1. The molecule has 1 N–H and O–H groups in total. The number of oxazole rings is 1. The fraction of sp³-hybridized carbons (Fsp3) is 0.130. The molecule has 0 atom stereocenters. The van der Waals surface area contributed by atoms with Gasteiger partial charge in [0, 0.05) is 5.69 Å². The van der Waals surface area contributed by atoms with Gasteiger partial charge in [-0.1, -0.05) is 17.7 Å². The van der Waals surface area contributed by atoms with Crippen LogP contribution in [0.4, 0.5) is 10.1 Å². The van der Waals surface area contributed by atoms with Gasteiger partial charge in [0.25, 0.3) is 5.91 Å². The van der Waals surface area contributed by atoms with Crippen LogP contribution in [0, 0.1) is 19.7 Å². The van der Waals surface area contributed by atoms with E-state index in [-0.39, 0.29) is 23.4 Å². The Kier molecular flexibility index (Phi) is 5.98. The van der Waals surface area contributed by atoms with Crippen molar-refractivity contribution in [1.29, 1.82) is 0 Å². The number of fused-ring (bicyclic) bond motifs is 1. The first-order valence-electron chi connectivity index (χ1n) is 9.35. The number of hydrogen-bond acceptors (Lipinski definition) is 4. The Morgan fingerprint density at radius 3 is 2.74 bits per heavy atom. The van der Waals surface area contributed by atoms with E-state index >= 15 is 0 Å². The summed E-state index contributed by atoms with van der Waals surface area (Å²) < 4.78 is 25.5. The Morgan fingerprint density at radius 2 is 2.00 bits per heavy atom. The number of aryl methyl sites for hydroxylation is 2. The third kappa shape index (κ3) is 4.73. The topological polar surface area (TPSA) is 64.4 Å². The van der Waals surface area contributed by atoms with Crippen molar-refractivity contribution in [3.8, 4) is 17.2 Å². The maximum absolute atomic E-state index is 13.3. The minimum Gasteiger partial charge on any atom is -0.482 e. The Balaban J connectivity index is 1.48. The lowest BCUT2D eigenvalue weighted by Crippen LogP contribution is -2.20. The van der Waals surface area contributed by atoms with Crippen molar-refractivity contribution >= 4 is 50.2 Å². The summed E-state index contributed by atoms with van der Waals surface area (Å²) in [5.74, 6) is 0.154. The second kappa shape index (κ2) is 8.69. The van der Waals surface area contributed by atoms with Crippen molar-refractivity contribution in [3.05, 3.63) is 75.0 Å². The molecule has 0 saturated heterocycles. The average molecular weight is 504 g/mol. The molecule has 0 unspecified atom stereocenters. The maximum Gasteiger partial charge on any atom is 0.262 e. The van der Waals surface area contributed by atoms with E-state index in [1.807, 2.05) is 26.0 Å². The van der Waals surface area contributed by atoms with Gasteiger partial charge in [-0.15, -0.1) is 0 Å². The van der Waals surface area contributed by atoms with Crippen LogP contribution in [0.2, 0.25) is 5.02 Å². The third-order valence-corrected chi connectivity index (χ3v) is 5.46. The van der Waals surface area contributed by atoms with Crippen LogP contribution in [0.5, 0.6) is 5.75 Å². The number of anilines is 1. The molecule has 1 amide bonds. The molecule has 4 rings (SSSR count). The summed E-state index contributed by atoms with van der Waals surface area (Å²) in [7, 11) is 0. The summed E-state index contributed by atoms with van der Waals surface area (Å²) in [6, 6.07) is 13.0. The number of aromatic nitrogens is 1. The summed E-state index contributed by atoms with van der Waals surface area (Å²) in [5.41, 5.74) is 4.12. The van der Waals surface area contributed by atoms with E-state index < -0.39 is 5.82 Å². The van der Waals surface area contributed by atoms with Gasteiger partial charge in [0.15, 0.2) is 12.2 Å². The van der Waals surface area contributed by atoms with Gasteiger partial charge in [-0.05, 0) is 83.4 Å². The molecule has 0 saturated carbocycles. The van der Waals surface area contributed by atoms with Crippen LogP contribution >= 0.6 is 27.5 Å². The summed E-state index contributed by atoms with van der Waals surface area (Å²) in [4.78, 5) is 16.8. The SMILES string of the molecule is Cc1cc(C)c(OCC(=O)Nc2ccc3oc(-c4ccc(F)cc4Cl)nc3c2)c(Br)c1. The normalized spacial score (nSPS) is 11.0. The second-order valence-electron chi connectivity index (χ2n) is 7.06. The summed E-state index contributed by atoms with van der Waals surface area (Å²) in [5, 5.41) is 2.99. The quantitative estimate of drug-likeness (QED) is 0.330. The molecule has 1 heterocycles. The van der Waals surface area contributed by atoms with E-state index in [9.17, 15) is 9.18 Å². The monoisotopic (exact) mass is 502 g/mol. The molecule has 31 heavy (non-hydrogen) atoms. The van der Waals surface area contributed by atoms with Gasteiger partial charge in [0.05, 0.1) is 15.1 Å². The molecular weight excluding hydrogens is 487 g/mol. The lowest BCUT2D eigenvalue weighted by molar-refractivity contribution is -0.118. The van der Waals surface area contributed by atoms with Crippen molar-refractivity contribution in [2.45, 2.75) is 13.8 Å². The van der Waals surface area contributed by atoms with Crippen LogP contribution in [0.3, 0.4) is 0 Å². The van der Waals surface area contributed by atoms with Gasteiger partial charge >= 0.3 is 0 Å². The van der Waals surface area contributed by atoms with Crippen molar-refractivity contribution < 1.29 is 18.3 Å². The minimum atomic E-state index is -0.440. The van der Waals surface area contributed by atoms with E-state index in [4.69, 9.17) is 20.8 Å². The first-order chi connectivity index (χ1) is 14.8. The molecule has 0 bridgehead atoms. The molecule has 5 nitrogen and oxygen atoms in total. The van der Waals surface area contributed by atoms with Crippen LogP contribution in [0.15, 0.2) is 57.4 Å². The fourth-order valence-corrected chi connectivity index (χ4v) is 4.24. The molecular formula is C23H17BrClFN2O3. The largest absolute Gasteiger partial charge is 0.482 e. The van der Waals surface area contributed by atoms with Crippen LogP contribution < -0.4 is 10.1 Å². The zero-order valence-corrected chi connectivity index (χ0v) is 19.0. The highest BCUT2D eigenvalue weighted by Gasteiger charge is 2.14. The lowest BCUT2D eigenvalue weighted by atomic mass is 10.1. The van der Waals surface area contributed by atoms with E-state index in [1.165, 1.54) is 18.2 Å². The van der Waals surface area contributed by atoms with Crippen molar-refractivity contribution in [1.82, 2.24) is 4.98 Å². The smallest absolute Gasteiger partial charge is 0.262 e. The van der Waals surface area contributed by atoms with Gasteiger partial charge < -0.3 is 14.5 Å². The molecule has 0 spiro atoms. The predicted octanol–water partition coefficient (Wildman–Crippen LogP) is 6.68. The lowest BCUT2D eigenvalue weighted by Gasteiger charge is -2.12. The zero-order valence-electron chi connectivity index (χ0n) is 16.6. The van der Waals surface area contributed by atoms with Crippen LogP contribution in [-0.2, 0) is 4.79 Å². The van der Waals surface area contributed by atoms with Gasteiger partial charge in [0.2, 0.25) is 5.89 Å². The number of benzene rings is 3. The van der Waals surface area contributed by atoms with Crippen LogP contribution in [0.1, 0.15) is 11.1 Å². The minimum absolute atomic E-state index is 0.143. The number of carbonyl (C=O) groups is 1. The molecule has 1 aromatic heterocycles. The number of halogens is 3. The molecule has 0 aliphatic carbocycles. The highest BCUT2D eigenvalue weighted by atomic mass is 79.9. The average Bonchev–Trinajstić information content (AvgIpc) is 3.10. The van der Waals surface area contributed by atoms with Gasteiger partial charge in [-0.25, -0.2) is 9.37 Å². The molecule has 158 valence electrons. The Hall–Kier alpha value is -2.90. The molecule has 0 fully saturated rings. The first-order valence-corrected chi connectivity index (χ1v) is 10.5. The first kappa shape index (κ1) is 21.3. The van der Waals surface area contributed by atoms with Crippen molar-refractivity contribution in [2.24, 2.45) is 0 Å². The number of hydrogen-bond donors (Lipinski definition) is 1. The number of amides is 1. The molecule has 0 radical (unpaired) electrons. The molecule has 4 aromatic rings. The molecule has 0 aliphatic heterocycles. The third-order valence-electron chi connectivity index (χ3n) is 4.55. The highest BCUT2D eigenvalue weighted by Crippen LogP contribution is 2.32. The molecule has 3 aromatic carbocycles. The fourth-order valence-electron chi connectivity index (χ4n) is 3.20. The highest BCUT2D eigenvalue weighted by molar-refractivity contribution is 9.10. The zero-order chi connectivity index (χ0) is 22.1. The van der Waals surface area contributed by atoms with E-state index in [2.05, 4.69) is 26.2 Å². The molecule has 0 aliphatic rings. The number of nitrogens with one attached hydrogen (secondary N) is 1. The Labute approximate surface area is 191 Å². The van der Waals surface area contributed by atoms with Crippen LogP contribution in [0.25, 0.3) is 22.6 Å². The van der Waals surface area contributed by atoms with E-state index in [1.54, 1.807) is 18.2 Å². The van der Waals surface area contributed by atoms with Crippen molar-refractivity contribution in [2.75, 3.05) is 11.9 Å². The van der Waals surface area contributed by atoms with Gasteiger partial charge in [-0.3, -0.25) is 4.79 Å². The summed E-state index contributed by atoms with van der Waals surface area (Å²) in [6.07, 6.45) is 0. The summed E-state index contributed by atoms with van der Waals surface area (Å²) in [6.45, 7) is 3.77. The van der Waals surface area contributed by atoms with Crippen LogP contribution in [-0.4, -0.2) is 17.5 Å². The predicted molar refractivity (Wildman–Crippen MR) is 122 cm³/mol. The number of carbonyl (C=O) groups excluding carboxylic acids is 1. The second-order valence-corrected chi connectivity index (χ2v) is 8.32. The standard InChI is InChI=1S/C23H17BrClFN2O3/c1-12-7-13(2)22(17(24)8-12)30-11-21(29)27-15-4-6-20-19(10-15)28-23(31-20)16-5-3-14(26)9-18(16)25/h3-10H,11H2,1-2H3,(H,27,29). The maximum atomic E-state index is 13.3. The summed E-state index contributed by atoms with van der Waals surface area (Å²) >= 11 is 9.56. The van der Waals surface area contributed by atoms with Crippen molar-refractivity contribution in [3.63, 3.8) is 0 Å². The van der Waals surface area contributed by atoms with E-state index in [0.717, 1.165) is 15.6 Å². The molecule has 8 heteroatoms.